The zero-order valence-corrected chi connectivity index (χ0v) is 13.3. The lowest BCUT2D eigenvalue weighted by molar-refractivity contribution is -0.128. The van der Waals surface area contributed by atoms with E-state index >= 15 is 0 Å². The molecule has 0 aromatic heterocycles. The maximum atomic E-state index is 12.9. The number of hydrogen-bond acceptors (Lipinski definition) is 4. The Bertz CT molecular complexity index is 634. The quantitative estimate of drug-likeness (QED) is 0.633. The third kappa shape index (κ3) is 3.06. The van der Waals surface area contributed by atoms with Gasteiger partial charge in [0.25, 0.3) is 5.91 Å². The molecule has 1 aromatic rings. The van der Waals surface area contributed by atoms with E-state index in [0.717, 1.165) is 0 Å². The van der Waals surface area contributed by atoms with Gasteiger partial charge in [-0.15, -0.1) is 0 Å². The molecule has 0 saturated carbocycles. The van der Waals surface area contributed by atoms with Crippen LogP contribution in [0.4, 0.5) is 0 Å². The van der Waals surface area contributed by atoms with E-state index in [-0.39, 0.29) is 24.8 Å². The SMILES string of the molecule is CC(C)N(C(=O)/C(=C/C#N)c1ccc2c(c1)OCO2)C(C)C. The molecular formula is C17H20N2O3. The number of allylic oxidation sites excluding steroid dienone is 1. The van der Waals surface area contributed by atoms with Gasteiger partial charge in [-0.2, -0.15) is 5.26 Å². The zero-order chi connectivity index (χ0) is 16.3. The number of rotatable bonds is 4. The normalized spacial score (nSPS) is 13.4. The Kier molecular flexibility index (Phi) is 4.71. The lowest BCUT2D eigenvalue weighted by atomic mass is 10.0. The van der Waals surface area contributed by atoms with Gasteiger partial charge >= 0.3 is 0 Å². The van der Waals surface area contributed by atoms with Crippen molar-refractivity contribution in [2.24, 2.45) is 0 Å². The summed E-state index contributed by atoms with van der Waals surface area (Å²) in [6.45, 7) is 8.01. The molecule has 5 nitrogen and oxygen atoms in total. The Morgan fingerprint density at radius 3 is 2.45 bits per heavy atom. The summed E-state index contributed by atoms with van der Waals surface area (Å²) in [5.41, 5.74) is 1.02. The molecule has 1 aromatic carbocycles. The van der Waals surface area contributed by atoms with Gasteiger partial charge < -0.3 is 14.4 Å². The van der Waals surface area contributed by atoms with Crippen LogP contribution in [-0.2, 0) is 4.79 Å². The number of fused-ring (bicyclic) bond motifs is 1. The number of ether oxygens (including phenoxy) is 2. The smallest absolute Gasteiger partial charge is 0.255 e. The van der Waals surface area contributed by atoms with E-state index in [9.17, 15) is 4.79 Å². The predicted octanol–water partition coefficient (Wildman–Crippen LogP) is 2.97. The largest absolute Gasteiger partial charge is 0.454 e. The van der Waals surface area contributed by atoms with Crippen LogP contribution in [0.5, 0.6) is 11.5 Å². The van der Waals surface area contributed by atoms with Crippen molar-refractivity contribution in [3.8, 4) is 17.6 Å². The topological polar surface area (TPSA) is 62.6 Å². The zero-order valence-electron chi connectivity index (χ0n) is 13.3. The Morgan fingerprint density at radius 1 is 1.23 bits per heavy atom. The van der Waals surface area contributed by atoms with E-state index in [1.807, 2.05) is 33.8 Å². The molecule has 0 bridgehead atoms. The summed E-state index contributed by atoms with van der Waals surface area (Å²) in [5.74, 6) is 1.08. The average molecular weight is 300 g/mol. The summed E-state index contributed by atoms with van der Waals surface area (Å²) in [6, 6.07) is 7.32. The molecule has 22 heavy (non-hydrogen) atoms. The van der Waals surface area contributed by atoms with Gasteiger partial charge in [-0.25, -0.2) is 0 Å². The van der Waals surface area contributed by atoms with Crippen molar-refractivity contribution >= 4 is 11.5 Å². The van der Waals surface area contributed by atoms with Gasteiger partial charge in [-0.05, 0) is 45.4 Å². The summed E-state index contributed by atoms with van der Waals surface area (Å²) in [5, 5.41) is 9.05. The highest BCUT2D eigenvalue weighted by Gasteiger charge is 2.25. The van der Waals surface area contributed by atoms with Crippen LogP contribution in [0, 0.1) is 11.3 Å². The molecule has 0 radical (unpaired) electrons. The van der Waals surface area contributed by atoms with Crippen molar-refractivity contribution in [2.75, 3.05) is 6.79 Å². The van der Waals surface area contributed by atoms with Crippen molar-refractivity contribution in [1.29, 1.82) is 5.26 Å². The minimum absolute atomic E-state index is 0.0450. The van der Waals surface area contributed by atoms with E-state index < -0.39 is 0 Å². The average Bonchev–Trinajstić information content (AvgIpc) is 2.91. The summed E-state index contributed by atoms with van der Waals surface area (Å²) in [4.78, 5) is 14.6. The van der Waals surface area contributed by atoms with Crippen molar-refractivity contribution in [3.63, 3.8) is 0 Å². The molecule has 0 fully saturated rings. The molecule has 0 atom stereocenters. The second-order valence-electron chi connectivity index (χ2n) is 5.66. The number of amides is 1. The van der Waals surface area contributed by atoms with Crippen molar-refractivity contribution in [3.05, 3.63) is 29.8 Å². The van der Waals surface area contributed by atoms with Gasteiger partial charge in [-0.1, -0.05) is 6.07 Å². The van der Waals surface area contributed by atoms with E-state index in [4.69, 9.17) is 14.7 Å². The standard InChI is InChI=1S/C17H20N2O3/c1-11(2)19(12(3)4)17(20)14(7-8-18)13-5-6-15-16(9-13)22-10-21-15/h5-7,9,11-12H,10H2,1-4H3/b14-7+. The number of carbonyl (C=O) groups excluding carboxylic acids is 1. The third-order valence-electron chi connectivity index (χ3n) is 3.47. The fourth-order valence-electron chi connectivity index (χ4n) is 2.60. The Labute approximate surface area is 130 Å². The number of nitriles is 1. The highest BCUT2D eigenvalue weighted by molar-refractivity contribution is 6.20. The molecule has 0 spiro atoms. The Hall–Kier alpha value is -2.48. The fraction of sp³-hybridized carbons (Fsp3) is 0.412. The first-order chi connectivity index (χ1) is 10.5. The Morgan fingerprint density at radius 2 is 1.86 bits per heavy atom. The molecule has 0 aliphatic carbocycles. The van der Waals surface area contributed by atoms with Crippen LogP contribution in [0.2, 0.25) is 0 Å². The molecular weight excluding hydrogens is 280 g/mol. The summed E-state index contributed by atoms with van der Waals surface area (Å²) < 4.78 is 10.6. The van der Waals surface area contributed by atoms with Crippen LogP contribution in [0.15, 0.2) is 24.3 Å². The third-order valence-corrected chi connectivity index (χ3v) is 3.47. The second kappa shape index (κ2) is 6.52. The first-order valence-corrected chi connectivity index (χ1v) is 7.28. The fourth-order valence-corrected chi connectivity index (χ4v) is 2.60. The van der Waals surface area contributed by atoms with Crippen molar-refractivity contribution in [2.45, 2.75) is 39.8 Å². The molecule has 1 heterocycles. The molecule has 1 aliphatic rings. The first-order valence-electron chi connectivity index (χ1n) is 7.28. The van der Waals surface area contributed by atoms with Crippen LogP contribution in [0.25, 0.3) is 5.57 Å². The molecule has 116 valence electrons. The van der Waals surface area contributed by atoms with Gasteiger partial charge in [0.15, 0.2) is 11.5 Å². The number of benzene rings is 1. The molecule has 0 unspecified atom stereocenters. The lowest BCUT2D eigenvalue weighted by Gasteiger charge is -2.31. The maximum absolute atomic E-state index is 12.9. The van der Waals surface area contributed by atoms with Gasteiger partial charge in [-0.3, -0.25) is 4.79 Å². The first kappa shape index (κ1) is 15.9. The van der Waals surface area contributed by atoms with E-state index in [1.165, 1.54) is 6.08 Å². The molecule has 1 aliphatic heterocycles. The number of carbonyl (C=O) groups is 1. The number of hydrogen-bond donors (Lipinski definition) is 0. The minimum Gasteiger partial charge on any atom is -0.454 e. The van der Waals surface area contributed by atoms with E-state index in [1.54, 1.807) is 23.1 Å². The predicted molar refractivity (Wildman–Crippen MR) is 83.3 cm³/mol. The van der Waals surface area contributed by atoms with Crippen LogP contribution in [0.3, 0.4) is 0 Å². The number of nitrogens with zero attached hydrogens (tertiary/aromatic N) is 2. The van der Waals surface area contributed by atoms with Crippen molar-refractivity contribution < 1.29 is 14.3 Å². The molecule has 5 heteroatoms. The van der Waals surface area contributed by atoms with E-state index in [2.05, 4.69) is 0 Å². The Balaban J connectivity index is 2.41. The van der Waals surface area contributed by atoms with Crippen LogP contribution >= 0.6 is 0 Å². The maximum Gasteiger partial charge on any atom is 0.255 e. The summed E-state index contributed by atoms with van der Waals surface area (Å²) in [6.07, 6.45) is 1.29. The van der Waals surface area contributed by atoms with Gasteiger partial charge in [0.05, 0.1) is 11.6 Å². The van der Waals surface area contributed by atoms with Crippen LogP contribution < -0.4 is 9.47 Å². The molecule has 0 saturated heterocycles. The molecule has 2 rings (SSSR count). The lowest BCUT2D eigenvalue weighted by Crippen LogP contribution is -2.42. The van der Waals surface area contributed by atoms with E-state index in [0.29, 0.717) is 22.6 Å². The minimum atomic E-state index is -0.162. The summed E-state index contributed by atoms with van der Waals surface area (Å²) in [7, 11) is 0. The van der Waals surface area contributed by atoms with Gasteiger partial charge in [0, 0.05) is 18.2 Å². The highest BCUT2D eigenvalue weighted by atomic mass is 16.7. The molecule has 0 N–H and O–H groups in total. The summed E-state index contributed by atoms with van der Waals surface area (Å²) >= 11 is 0. The monoisotopic (exact) mass is 300 g/mol. The van der Waals surface area contributed by atoms with Crippen LogP contribution in [0.1, 0.15) is 33.3 Å². The highest BCUT2D eigenvalue weighted by Crippen LogP contribution is 2.35. The molecule has 1 amide bonds. The van der Waals surface area contributed by atoms with Crippen molar-refractivity contribution in [1.82, 2.24) is 4.90 Å². The van der Waals surface area contributed by atoms with Gasteiger partial charge in [0.2, 0.25) is 6.79 Å². The van der Waals surface area contributed by atoms with Gasteiger partial charge in [0.1, 0.15) is 0 Å². The second-order valence-corrected chi connectivity index (χ2v) is 5.66. The van der Waals surface area contributed by atoms with Crippen LogP contribution in [-0.4, -0.2) is 29.7 Å².